The zero-order valence-corrected chi connectivity index (χ0v) is 10.1. The van der Waals surface area contributed by atoms with Gasteiger partial charge in [0.1, 0.15) is 11.6 Å². The molecule has 0 aliphatic rings. The van der Waals surface area contributed by atoms with Crippen LogP contribution in [-0.4, -0.2) is 11.6 Å². The van der Waals surface area contributed by atoms with E-state index in [0.717, 1.165) is 25.7 Å². The van der Waals surface area contributed by atoms with Crippen LogP contribution in [0.15, 0.2) is 0 Å². The van der Waals surface area contributed by atoms with Gasteiger partial charge in [-0.3, -0.25) is 9.59 Å². The van der Waals surface area contributed by atoms with Crippen molar-refractivity contribution in [1.29, 1.82) is 0 Å². The Morgan fingerprint density at radius 3 is 1.21 bits per heavy atom. The second-order valence-electron chi connectivity index (χ2n) is 3.28. The molecule has 0 atom stereocenters. The number of carbonyl (C=O) groups excluding carboxylic acids is 2. The normalized spacial score (nSPS) is 8.86. The van der Waals surface area contributed by atoms with E-state index in [-0.39, 0.29) is 0 Å². The second kappa shape index (κ2) is 12.3. The lowest BCUT2D eigenvalue weighted by atomic mass is 10.1. The highest BCUT2D eigenvalue weighted by Gasteiger charge is 1.94. The van der Waals surface area contributed by atoms with Crippen LogP contribution in [0.3, 0.4) is 0 Å². The number of ketones is 2. The highest BCUT2D eigenvalue weighted by atomic mass is 16.1. The molecule has 0 rings (SSSR count). The second-order valence-corrected chi connectivity index (χ2v) is 3.28. The minimum absolute atomic E-state index is 0.343. The first-order valence-electron chi connectivity index (χ1n) is 5.65. The van der Waals surface area contributed by atoms with Crippen molar-refractivity contribution in [3.8, 4) is 0 Å². The maximum atomic E-state index is 10.6. The third-order valence-corrected chi connectivity index (χ3v) is 1.85. The average Bonchev–Trinajstić information content (AvgIpc) is 2.18. The van der Waals surface area contributed by atoms with Gasteiger partial charge in [-0.05, 0) is 12.8 Å². The Morgan fingerprint density at radius 1 is 0.714 bits per heavy atom. The van der Waals surface area contributed by atoms with Gasteiger partial charge in [0.2, 0.25) is 0 Å². The van der Waals surface area contributed by atoms with E-state index in [1.807, 2.05) is 27.7 Å². The molecule has 84 valence electrons. The van der Waals surface area contributed by atoms with Crippen molar-refractivity contribution in [2.45, 2.75) is 66.2 Å². The Balaban J connectivity index is 0. The molecule has 0 N–H and O–H groups in total. The Bertz CT molecular complexity index is 136. The summed E-state index contributed by atoms with van der Waals surface area (Å²) in [5.41, 5.74) is 0. The van der Waals surface area contributed by atoms with E-state index >= 15 is 0 Å². The van der Waals surface area contributed by atoms with Crippen LogP contribution in [-0.2, 0) is 9.59 Å². The van der Waals surface area contributed by atoms with Crippen LogP contribution in [0.5, 0.6) is 0 Å². The van der Waals surface area contributed by atoms with E-state index in [9.17, 15) is 9.59 Å². The number of hydrogen-bond acceptors (Lipinski definition) is 2. The Kier molecular flexibility index (Phi) is 13.9. The monoisotopic (exact) mass is 200 g/mol. The summed E-state index contributed by atoms with van der Waals surface area (Å²) in [5.74, 6) is 0.755. The van der Waals surface area contributed by atoms with Gasteiger partial charge < -0.3 is 0 Å². The maximum absolute atomic E-state index is 10.6. The van der Waals surface area contributed by atoms with Gasteiger partial charge in [0.05, 0.1) is 0 Å². The molecular weight excluding hydrogens is 176 g/mol. The summed E-state index contributed by atoms with van der Waals surface area (Å²) in [5, 5.41) is 0. The zero-order chi connectivity index (χ0) is 11.4. The Morgan fingerprint density at radius 2 is 1.07 bits per heavy atom. The molecule has 0 aliphatic heterocycles. The summed E-state index contributed by atoms with van der Waals surface area (Å²) in [6.45, 7) is 7.83. The van der Waals surface area contributed by atoms with Crippen LogP contribution in [0.2, 0.25) is 0 Å². The maximum Gasteiger partial charge on any atom is 0.132 e. The van der Waals surface area contributed by atoms with E-state index in [1.165, 1.54) is 0 Å². The highest BCUT2D eigenvalue weighted by Crippen LogP contribution is 1.95. The fourth-order valence-corrected chi connectivity index (χ4v) is 0.933. The van der Waals surface area contributed by atoms with Crippen molar-refractivity contribution in [3.63, 3.8) is 0 Å². The van der Waals surface area contributed by atoms with E-state index in [0.29, 0.717) is 24.4 Å². The van der Waals surface area contributed by atoms with Gasteiger partial charge in [0.15, 0.2) is 0 Å². The summed E-state index contributed by atoms with van der Waals surface area (Å²) in [6, 6.07) is 0. The molecule has 0 aromatic rings. The molecule has 0 radical (unpaired) electrons. The van der Waals surface area contributed by atoms with Gasteiger partial charge in [-0.2, -0.15) is 0 Å². The third-order valence-electron chi connectivity index (χ3n) is 1.85. The van der Waals surface area contributed by atoms with Gasteiger partial charge in [-0.1, -0.05) is 27.7 Å². The predicted molar refractivity (Wildman–Crippen MR) is 60.4 cm³/mol. The van der Waals surface area contributed by atoms with Crippen LogP contribution in [0.25, 0.3) is 0 Å². The van der Waals surface area contributed by atoms with Crippen molar-refractivity contribution in [2.24, 2.45) is 0 Å². The summed E-state index contributed by atoms with van der Waals surface area (Å²) in [4.78, 5) is 20.8. The van der Waals surface area contributed by atoms with Crippen molar-refractivity contribution in [3.05, 3.63) is 0 Å². The fourth-order valence-electron chi connectivity index (χ4n) is 0.933. The molecule has 0 unspecified atom stereocenters. The Labute approximate surface area is 88.1 Å². The molecular formula is C12H24O2. The lowest BCUT2D eigenvalue weighted by molar-refractivity contribution is -0.119. The van der Waals surface area contributed by atoms with Crippen LogP contribution in [0.1, 0.15) is 66.2 Å². The van der Waals surface area contributed by atoms with E-state index in [1.54, 1.807) is 0 Å². The zero-order valence-electron chi connectivity index (χ0n) is 10.1. The van der Waals surface area contributed by atoms with Crippen LogP contribution in [0.4, 0.5) is 0 Å². The van der Waals surface area contributed by atoms with Gasteiger partial charge >= 0.3 is 0 Å². The van der Waals surface area contributed by atoms with Crippen LogP contribution < -0.4 is 0 Å². The Hall–Kier alpha value is -0.660. The number of Topliss-reactive ketones (excluding diaryl/α,β-unsaturated/α-hetero) is 2. The lowest BCUT2D eigenvalue weighted by Gasteiger charge is -1.91. The van der Waals surface area contributed by atoms with Gasteiger partial charge in [-0.15, -0.1) is 0 Å². The van der Waals surface area contributed by atoms with Crippen LogP contribution in [0, 0.1) is 0 Å². The summed E-state index contributed by atoms with van der Waals surface area (Å²) in [6.07, 6.45) is 4.92. The molecule has 0 saturated carbocycles. The van der Waals surface area contributed by atoms with Crippen molar-refractivity contribution in [2.75, 3.05) is 0 Å². The van der Waals surface area contributed by atoms with Crippen LogP contribution >= 0.6 is 0 Å². The van der Waals surface area contributed by atoms with Gasteiger partial charge in [0, 0.05) is 25.7 Å². The largest absolute Gasteiger partial charge is 0.300 e. The van der Waals surface area contributed by atoms with Gasteiger partial charge in [0.25, 0.3) is 0 Å². The minimum atomic E-state index is 0.343. The first-order chi connectivity index (χ1) is 6.62. The molecule has 0 bridgehead atoms. The van der Waals surface area contributed by atoms with E-state index < -0.39 is 0 Å². The molecule has 0 spiro atoms. The first-order valence-corrected chi connectivity index (χ1v) is 5.65. The summed E-state index contributed by atoms with van der Waals surface area (Å²) in [7, 11) is 0. The highest BCUT2D eigenvalue weighted by molar-refractivity contribution is 5.78. The van der Waals surface area contributed by atoms with E-state index in [4.69, 9.17) is 0 Å². The van der Waals surface area contributed by atoms with Crippen molar-refractivity contribution < 1.29 is 9.59 Å². The molecule has 14 heavy (non-hydrogen) atoms. The fraction of sp³-hybridized carbons (Fsp3) is 0.833. The lowest BCUT2D eigenvalue weighted by Crippen LogP contribution is -1.93. The van der Waals surface area contributed by atoms with E-state index in [2.05, 4.69) is 0 Å². The smallest absolute Gasteiger partial charge is 0.132 e. The summed E-state index contributed by atoms with van der Waals surface area (Å²) >= 11 is 0. The third kappa shape index (κ3) is 13.9. The topological polar surface area (TPSA) is 34.1 Å². The van der Waals surface area contributed by atoms with Gasteiger partial charge in [-0.25, -0.2) is 0 Å². The number of hydrogen-bond donors (Lipinski definition) is 0. The molecule has 0 amide bonds. The number of rotatable bonds is 6. The molecule has 0 aromatic carbocycles. The summed E-state index contributed by atoms with van der Waals surface area (Å²) < 4.78 is 0. The molecule has 0 fully saturated rings. The molecule has 0 saturated heterocycles. The molecule has 0 aromatic heterocycles. The number of carbonyl (C=O) groups is 2. The minimum Gasteiger partial charge on any atom is -0.300 e. The van der Waals surface area contributed by atoms with Crippen molar-refractivity contribution >= 4 is 11.6 Å². The molecule has 0 heterocycles. The quantitative estimate of drug-likeness (QED) is 0.657. The molecule has 0 aliphatic carbocycles. The predicted octanol–water partition coefficient (Wildman–Crippen LogP) is 3.53. The SMILES string of the molecule is CCC(=O)CC.CCCC(=O)CCC. The first kappa shape index (κ1) is 15.8. The standard InChI is InChI=1S/C7H14O.C5H10O/c1-3-5-7(8)6-4-2;1-3-5(6)4-2/h3-6H2,1-2H3;3-4H2,1-2H3. The van der Waals surface area contributed by atoms with Crippen molar-refractivity contribution in [1.82, 2.24) is 0 Å². The molecule has 2 heteroatoms. The molecule has 2 nitrogen and oxygen atoms in total. The average molecular weight is 200 g/mol.